The summed E-state index contributed by atoms with van der Waals surface area (Å²) < 4.78 is 78.5. The molecule has 3 aromatic rings. The molecule has 2 fully saturated rings. The zero-order valence-corrected chi connectivity index (χ0v) is 18.9. The third kappa shape index (κ3) is 4.45. The number of aryl methyl sites for hydroxylation is 2. The van der Waals surface area contributed by atoms with Gasteiger partial charge in [0.15, 0.2) is 5.65 Å². The number of halogens is 6. The van der Waals surface area contributed by atoms with Gasteiger partial charge < -0.3 is 9.80 Å². The second kappa shape index (κ2) is 7.92. The summed E-state index contributed by atoms with van der Waals surface area (Å²) in [6.45, 7) is 4.36. The van der Waals surface area contributed by atoms with Crippen molar-refractivity contribution in [2.45, 2.75) is 45.6 Å². The van der Waals surface area contributed by atoms with Gasteiger partial charge in [-0.1, -0.05) is 0 Å². The molecule has 188 valence electrons. The number of anilines is 2. The largest absolute Gasteiger partial charge is 0.451 e. The van der Waals surface area contributed by atoms with Crippen LogP contribution < -0.4 is 9.80 Å². The number of rotatable bonds is 3. The number of hydrogen-bond donors (Lipinski definition) is 0. The van der Waals surface area contributed by atoms with Crippen molar-refractivity contribution in [3.05, 3.63) is 29.6 Å². The molecule has 3 aromatic heterocycles. The molecule has 2 saturated heterocycles. The predicted molar refractivity (Wildman–Crippen MR) is 114 cm³/mol. The number of alkyl halides is 6. The van der Waals surface area contributed by atoms with Crippen molar-refractivity contribution in [3.63, 3.8) is 0 Å². The van der Waals surface area contributed by atoms with Crippen LogP contribution in [-0.2, 0) is 12.7 Å². The van der Waals surface area contributed by atoms with E-state index in [0.29, 0.717) is 48.9 Å². The molecule has 0 N–H and O–H groups in total. The standard InChI is InChI=1S/C21H22F6N8/c1-12-14-7-29-18(31-16(14)35(32-12)11-20(22,23)24)34-6-4-19(10-34)3-5-33(9-19)15-8-28-17(21(25,26)27)30-13(15)2/h7-8H,3-6,9-11H2,1-2H3. The maximum absolute atomic E-state index is 13.0. The Morgan fingerprint density at radius 1 is 0.886 bits per heavy atom. The van der Waals surface area contributed by atoms with E-state index in [2.05, 4.69) is 25.0 Å². The lowest BCUT2D eigenvalue weighted by molar-refractivity contribution is -0.145. The van der Waals surface area contributed by atoms with E-state index in [9.17, 15) is 26.3 Å². The van der Waals surface area contributed by atoms with Crippen molar-refractivity contribution in [1.82, 2.24) is 29.7 Å². The van der Waals surface area contributed by atoms with Gasteiger partial charge in [0.25, 0.3) is 0 Å². The molecule has 8 nitrogen and oxygen atoms in total. The number of hydrogen-bond acceptors (Lipinski definition) is 7. The van der Waals surface area contributed by atoms with Crippen molar-refractivity contribution < 1.29 is 26.3 Å². The van der Waals surface area contributed by atoms with Crippen molar-refractivity contribution in [2.75, 3.05) is 36.0 Å². The fourth-order valence-corrected chi connectivity index (χ4v) is 5.02. The minimum atomic E-state index is -4.60. The summed E-state index contributed by atoms with van der Waals surface area (Å²) in [5.41, 5.74) is 1.25. The van der Waals surface area contributed by atoms with Gasteiger partial charge in [-0.3, -0.25) is 0 Å². The number of aromatic nitrogens is 6. The van der Waals surface area contributed by atoms with E-state index < -0.39 is 24.7 Å². The van der Waals surface area contributed by atoms with Crippen LogP contribution in [0.25, 0.3) is 11.0 Å². The van der Waals surface area contributed by atoms with Crippen LogP contribution in [0.2, 0.25) is 0 Å². The van der Waals surface area contributed by atoms with E-state index in [0.717, 1.165) is 17.5 Å². The van der Waals surface area contributed by atoms with Gasteiger partial charge in [0.1, 0.15) is 6.54 Å². The van der Waals surface area contributed by atoms with Gasteiger partial charge in [-0.15, -0.1) is 0 Å². The average Bonchev–Trinajstić information content (AvgIpc) is 3.45. The van der Waals surface area contributed by atoms with Crippen LogP contribution in [0.15, 0.2) is 12.4 Å². The summed E-state index contributed by atoms with van der Waals surface area (Å²) in [5.74, 6) is -0.822. The smallest absolute Gasteiger partial charge is 0.368 e. The summed E-state index contributed by atoms with van der Waals surface area (Å²) in [5, 5.41) is 4.44. The fourth-order valence-electron chi connectivity index (χ4n) is 5.02. The lowest BCUT2D eigenvalue weighted by atomic mass is 9.86. The van der Waals surface area contributed by atoms with Crippen molar-refractivity contribution in [3.8, 4) is 0 Å². The van der Waals surface area contributed by atoms with Gasteiger partial charge in [-0.25, -0.2) is 19.6 Å². The molecule has 0 aromatic carbocycles. The average molecular weight is 500 g/mol. The van der Waals surface area contributed by atoms with E-state index in [1.807, 2.05) is 9.80 Å². The Hall–Kier alpha value is -3.19. The van der Waals surface area contributed by atoms with E-state index in [-0.39, 0.29) is 16.8 Å². The quantitative estimate of drug-likeness (QED) is 0.505. The SMILES string of the molecule is Cc1nc(C(F)(F)F)ncc1N1CCC2(CCN(c3ncc4c(C)nn(CC(F)(F)F)c4n3)C2)C1. The molecule has 5 heterocycles. The van der Waals surface area contributed by atoms with E-state index in [1.54, 1.807) is 6.92 Å². The molecular formula is C21H22F6N8. The monoisotopic (exact) mass is 500 g/mol. The lowest BCUT2D eigenvalue weighted by Gasteiger charge is -2.26. The summed E-state index contributed by atoms with van der Waals surface area (Å²) in [4.78, 5) is 19.9. The highest BCUT2D eigenvalue weighted by atomic mass is 19.4. The van der Waals surface area contributed by atoms with Crippen LogP contribution >= 0.6 is 0 Å². The minimum absolute atomic E-state index is 0.136. The Kier molecular flexibility index (Phi) is 5.33. The van der Waals surface area contributed by atoms with Gasteiger partial charge in [0, 0.05) is 37.8 Å². The molecule has 35 heavy (non-hydrogen) atoms. The van der Waals surface area contributed by atoms with Crippen LogP contribution in [0.4, 0.5) is 38.0 Å². The van der Waals surface area contributed by atoms with E-state index in [1.165, 1.54) is 19.3 Å². The van der Waals surface area contributed by atoms with Gasteiger partial charge in [-0.2, -0.15) is 36.4 Å². The number of fused-ring (bicyclic) bond motifs is 1. The third-order valence-corrected chi connectivity index (χ3v) is 6.70. The van der Waals surface area contributed by atoms with E-state index >= 15 is 0 Å². The first-order chi connectivity index (χ1) is 16.3. The molecule has 0 saturated carbocycles. The molecule has 0 bridgehead atoms. The highest BCUT2D eigenvalue weighted by Crippen LogP contribution is 2.42. The first kappa shape index (κ1) is 23.5. The molecule has 0 aliphatic carbocycles. The molecule has 0 radical (unpaired) electrons. The van der Waals surface area contributed by atoms with Gasteiger partial charge in [0.2, 0.25) is 11.8 Å². The molecular weight excluding hydrogens is 478 g/mol. The first-order valence-electron chi connectivity index (χ1n) is 11.0. The fraction of sp³-hybridized carbons (Fsp3) is 0.571. The molecule has 1 spiro atoms. The maximum atomic E-state index is 13.0. The normalized spacial score (nSPS) is 21.1. The Morgan fingerprint density at radius 3 is 2.23 bits per heavy atom. The highest BCUT2D eigenvalue weighted by molar-refractivity contribution is 5.78. The van der Waals surface area contributed by atoms with Crippen molar-refractivity contribution >= 4 is 22.7 Å². The van der Waals surface area contributed by atoms with Gasteiger partial charge in [0.05, 0.1) is 28.7 Å². The second-order valence-corrected chi connectivity index (χ2v) is 9.27. The predicted octanol–water partition coefficient (Wildman–Crippen LogP) is 3.92. The van der Waals surface area contributed by atoms with Gasteiger partial charge >= 0.3 is 12.4 Å². The zero-order valence-electron chi connectivity index (χ0n) is 18.9. The number of nitrogens with zero attached hydrogens (tertiary/aromatic N) is 8. The lowest BCUT2D eigenvalue weighted by Crippen LogP contribution is -2.32. The topological polar surface area (TPSA) is 75.9 Å². The van der Waals surface area contributed by atoms with Crippen LogP contribution in [0.3, 0.4) is 0 Å². The molecule has 2 aliphatic rings. The summed E-state index contributed by atoms with van der Waals surface area (Å²) >= 11 is 0. The van der Waals surface area contributed by atoms with Gasteiger partial charge in [-0.05, 0) is 26.7 Å². The van der Waals surface area contributed by atoms with E-state index in [4.69, 9.17) is 0 Å². The highest BCUT2D eigenvalue weighted by Gasteiger charge is 2.45. The Labute approximate surface area is 196 Å². The van der Waals surface area contributed by atoms with Crippen LogP contribution in [-0.4, -0.2) is 62.1 Å². The Balaban J connectivity index is 1.34. The maximum Gasteiger partial charge on any atom is 0.451 e. The molecule has 1 atom stereocenters. The first-order valence-corrected chi connectivity index (χ1v) is 11.0. The molecule has 1 unspecified atom stereocenters. The summed E-state index contributed by atoms with van der Waals surface area (Å²) in [7, 11) is 0. The molecule has 0 amide bonds. The second-order valence-electron chi connectivity index (χ2n) is 9.27. The van der Waals surface area contributed by atoms with Crippen LogP contribution in [0, 0.1) is 19.3 Å². The third-order valence-electron chi connectivity index (χ3n) is 6.70. The Bertz CT molecular complexity index is 1270. The zero-order chi connectivity index (χ0) is 25.2. The molecule has 5 rings (SSSR count). The minimum Gasteiger partial charge on any atom is -0.368 e. The van der Waals surface area contributed by atoms with Crippen molar-refractivity contribution in [1.29, 1.82) is 0 Å². The van der Waals surface area contributed by atoms with Crippen molar-refractivity contribution in [2.24, 2.45) is 5.41 Å². The Morgan fingerprint density at radius 2 is 1.57 bits per heavy atom. The molecule has 2 aliphatic heterocycles. The summed E-state index contributed by atoms with van der Waals surface area (Å²) in [6.07, 6.45) is -4.71. The molecule has 14 heteroatoms. The van der Waals surface area contributed by atoms with Crippen LogP contribution in [0.1, 0.15) is 30.1 Å². The summed E-state index contributed by atoms with van der Waals surface area (Å²) in [6, 6.07) is 0. The van der Waals surface area contributed by atoms with Crippen LogP contribution in [0.5, 0.6) is 0 Å².